The summed E-state index contributed by atoms with van der Waals surface area (Å²) in [5.41, 5.74) is 2.57. The van der Waals surface area contributed by atoms with Gasteiger partial charge < -0.3 is 76.6 Å². The summed E-state index contributed by atoms with van der Waals surface area (Å²) >= 11 is 0. The number of hydrogen-bond donors (Lipinski definition) is 13. The van der Waals surface area contributed by atoms with Crippen molar-refractivity contribution in [3.05, 3.63) is 29.9 Å². The molecule has 1 aromatic rings. The fourth-order valence-corrected chi connectivity index (χ4v) is 16.5. The number of rotatable bonds is 14. The quantitative estimate of drug-likeness (QED) is 0.0695. The van der Waals surface area contributed by atoms with Gasteiger partial charge in [-0.05, 0) is 121 Å². The number of nitrogens with two attached hydrogens (primary N) is 1. The molecule has 4 saturated carbocycles. The van der Waals surface area contributed by atoms with Crippen LogP contribution in [0.5, 0.6) is 0 Å². The number of allylic oxidation sites excluding steroid dienone is 2. The zero-order chi connectivity index (χ0) is 48.8. The first kappa shape index (κ1) is 50.8. The van der Waals surface area contributed by atoms with Crippen LogP contribution in [0.25, 0.3) is 0 Å². The van der Waals surface area contributed by atoms with Gasteiger partial charge in [0.2, 0.25) is 5.91 Å². The van der Waals surface area contributed by atoms with E-state index in [4.69, 9.17) is 15.2 Å². The van der Waals surface area contributed by atoms with Gasteiger partial charge in [0.05, 0.1) is 49.7 Å². The number of aliphatic hydroxyl groups is 9. The number of H-pyrrole nitrogens is 1. The molecular formula is C49H78N4O14. The standard InChI is InChI=1S/C49H78N4O14/c1-44(21-56)12-13-49(43(64)65)24(18-54)15-47(4)28(30(49)16-44)7-8-34-46(47,3)11-10-33-45(2,22-57)40(67-42-39(62)38(61)32(58)20-66-42)37(60)29(48(33,34)5)14-26-27(19-55)41(63)53-36(26)25(6-9-35(50)59)31-17-51-23-52-31/h7,17,23-27,29-30,32-40,42,54-62H,6,8-16,18-22,50H2,1-5H3,(H,51,52)(H,53,63)(H,64,65). The summed E-state index contributed by atoms with van der Waals surface area (Å²) in [4.78, 5) is 35.1. The van der Waals surface area contributed by atoms with Crippen molar-refractivity contribution in [2.45, 2.75) is 154 Å². The van der Waals surface area contributed by atoms with E-state index in [0.717, 1.165) is 5.57 Å². The number of amides is 1. The summed E-state index contributed by atoms with van der Waals surface area (Å²) in [6, 6.07) is -0.617. The molecule has 378 valence electrons. The molecule has 2 saturated heterocycles. The van der Waals surface area contributed by atoms with Gasteiger partial charge >= 0.3 is 5.97 Å². The number of ether oxygens (including phenoxy) is 2. The SMILES string of the molecule is CC1(CO)CCC2(C(=O)O)C(CO)CC3(C)C(=CCC4C5(C)C(CC6C(CO)C(=O)NC6C(CCC(N)O)c6cnc[nH]6)C(O)C(OC6OCC(O)C(O)C6O)C(C)(CO)C5CCC43C)C2C1. The lowest BCUT2D eigenvalue weighted by molar-refractivity contribution is -0.340. The Bertz CT molecular complexity index is 1990. The van der Waals surface area contributed by atoms with Crippen molar-refractivity contribution < 1.29 is 70.1 Å². The Morgan fingerprint density at radius 1 is 0.955 bits per heavy atom. The number of hydrogen-bond acceptors (Lipinski definition) is 15. The molecule has 5 aliphatic carbocycles. The molecule has 18 heteroatoms. The van der Waals surface area contributed by atoms with Crippen molar-refractivity contribution in [2.24, 2.45) is 79.6 Å². The average Bonchev–Trinajstić information content (AvgIpc) is 3.94. The minimum Gasteiger partial charge on any atom is -0.481 e. The lowest BCUT2D eigenvalue weighted by Gasteiger charge is -2.74. The molecule has 8 rings (SSSR count). The van der Waals surface area contributed by atoms with Crippen LogP contribution in [0.1, 0.15) is 110 Å². The van der Waals surface area contributed by atoms with E-state index >= 15 is 0 Å². The largest absolute Gasteiger partial charge is 0.481 e. The number of nitrogens with one attached hydrogen (secondary N) is 2. The van der Waals surface area contributed by atoms with Gasteiger partial charge in [-0.1, -0.05) is 46.3 Å². The average molecular weight is 947 g/mol. The smallest absolute Gasteiger partial charge is 0.310 e. The topological polar surface area (TPSA) is 322 Å². The second-order valence-electron chi connectivity index (χ2n) is 23.4. The number of aliphatic hydroxyl groups excluding tert-OH is 9. The van der Waals surface area contributed by atoms with E-state index in [1.165, 1.54) is 6.33 Å². The van der Waals surface area contributed by atoms with Gasteiger partial charge in [0.1, 0.15) is 24.5 Å². The number of carbonyl (C=O) groups excluding carboxylic acids is 1. The number of aromatic amines is 1. The Balaban J connectivity index is 1.28. The van der Waals surface area contributed by atoms with Crippen molar-refractivity contribution in [3.8, 4) is 0 Å². The molecule has 22 atom stereocenters. The van der Waals surface area contributed by atoms with Crippen LogP contribution in [0, 0.1) is 73.9 Å². The van der Waals surface area contributed by atoms with Gasteiger partial charge in [0, 0.05) is 42.5 Å². The lowest BCUT2D eigenvalue weighted by Crippen LogP contribution is -2.73. The summed E-state index contributed by atoms with van der Waals surface area (Å²) in [6.45, 7) is 8.80. The zero-order valence-electron chi connectivity index (χ0n) is 39.7. The van der Waals surface area contributed by atoms with E-state index in [9.17, 15) is 60.7 Å². The molecule has 0 spiro atoms. The number of aliphatic carboxylic acids is 1. The summed E-state index contributed by atoms with van der Waals surface area (Å²) < 4.78 is 12.4. The molecule has 6 fully saturated rings. The van der Waals surface area contributed by atoms with E-state index < -0.39 is 136 Å². The normalized spacial score (nSPS) is 49.4. The van der Waals surface area contributed by atoms with Crippen LogP contribution in [0.2, 0.25) is 0 Å². The molecule has 18 nitrogen and oxygen atoms in total. The highest BCUT2D eigenvalue weighted by Crippen LogP contribution is 2.78. The van der Waals surface area contributed by atoms with E-state index in [2.05, 4.69) is 42.1 Å². The summed E-state index contributed by atoms with van der Waals surface area (Å²) in [7, 11) is 0. The van der Waals surface area contributed by atoms with E-state index in [1.807, 2.05) is 13.8 Å². The third kappa shape index (κ3) is 7.60. The summed E-state index contributed by atoms with van der Waals surface area (Å²) in [5, 5.41) is 115. The predicted molar refractivity (Wildman–Crippen MR) is 240 cm³/mol. The van der Waals surface area contributed by atoms with Crippen LogP contribution >= 0.6 is 0 Å². The molecule has 0 aromatic carbocycles. The van der Waals surface area contributed by atoms with Crippen molar-refractivity contribution in [1.82, 2.24) is 15.3 Å². The molecule has 3 heterocycles. The third-order valence-electron chi connectivity index (χ3n) is 20.4. The molecule has 0 radical (unpaired) electrons. The maximum atomic E-state index is 14.0. The van der Waals surface area contributed by atoms with E-state index in [1.54, 1.807) is 6.20 Å². The highest BCUT2D eigenvalue weighted by Gasteiger charge is 2.75. The number of carboxylic acids is 1. The fraction of sp³-hybridized carbons (Fsp3) is 0.857. The maximum Gasteiger partial charge on any atom is 0.310 e. The maximum absolute atomic E-state index is 14.0. The van der Waals surface area contributed by atoms with Crippen molar-refractivity contribution in [2.75, 3.05) is 33.0 Å². The summed E-state index contributed by atoms with van der Waals surface area (Å²) in [5.74, 6) is -5.61. The molecular weight excluding hydrogens is 869 g/mol. The van der Waals surface area contributed by atoms with Crippen LogP contribution in [0.3, 0.4) is 0 Å². The van der Waals surface area contributed by atoms with Crippen molar-refractivity contribution in [1.29, 1.82) is 0 Å². The lowest BCUT2D eigenvalue weighted by atomic mass is 9.31. The van der Waals surface area contributed by atoms with Crippen molar-refractivity contribution in [3.63, 3.8) is 0 Å². The fourth-order valence-electron chi connectivity index (χ4n) is 16.5. The van der Waals surface area contributed by atoms with Gasteiger partial charge in [0.15, 0.2) is 6.29 Å². The minimum absolute atomic E-state index is 0.0972. The Kier molecular flexibility index (Phi) is 13.8. The van der Waals surface area contributed by atoms with Crippen LogP contribution < -0.4 is 11.1 Å². The molecule has 2 aliphatic heterocycles. The Labute approximate surface area is 392 Å². The number of imidazole rings is 1. The van der Waals surface area contributed by atoms with Gasteiger partial charge in [-0.25, -0.2) is 4.98 Å². The number of aromatic nitrogens is 2. The van der Waals surface area contributed by atoms with Crippen LogP contribution in [-0.2, 0) is 19.1 Å². The number of carbonyl (C=O) groups is 2. The second-order valence-corrected chi connectivity index (χ2v) is 23.4. The number of fused-ring (bicyclic) bond motifs is 7. The number of nitrogens with zero attached hydrogens (tertiary/aromatic N) is 1. The molecule has 14 N–H and O–H groups in total. The second kappa shape index (κ2) is 18.2. The third-order valence-corrected chi connectivity index (χ3v) is 20.4. The first-order valence-corrected chi connectivity index (χ1v) is 24.7. The van der Waals surface area contributed by atoms with Gasteiger partial charge in [-0.2, -0.15) is 0 Å². The van der Waals surface area contributed by atoms with Crippen LogP contribution in [0.15, 0.2) is 24.2 Å². The Hall–Kier alpha value is -2.59. The van der Waals surface area contributed by atoms with Gasteiger partial charge in [-0.3, -0.25) is 9.59 Å². The highest BCUT2D eigenvalue weighted by molar-refractivity contribution is 5.82. The van der Waals surface area contributed by atoms with E-state index in [-0.39, 0.29) is 50.4 Å². The monoisotopic (exact) mass is 947 g/mol. The predicted octanol–water partition coefficient (Wildman–Crippen LogP) is 0.734. The Morgan fingerprint density at radius 2 is 1.69 bits per heavy atom. The molecule has 1 aromatic heterocycles. The van der Waals surface area contributed by atoms with Crippen LogP contribution in [-0.4, -0.2) is 155 Å². The number of carboxylic acid groups (broad SMARTS) is 1. The highest BCUT2D eigenvalue weighted by atomic mass is 16.7. The van der Waals surface area contributed by atoms with Crippen LogP contribution in [0.4, 0.5) is 0 Å². The van der Waals surface area contributed by atoms with Crippen molar-refractivity contribution >= 4 is 11.9 Å². The van der Waals surface area contributed by atoms with E-state index in [0.29, 0.717) is 57.1 Å². The van der Waals surface area contributed by atoms with Gasteiger partial charge in [-0.15, -0.1) is 0 Å². The first-order chi connectivity index (χ1) is 31.6. The Morgan fingerprint density at radius 3 is 2.30 bits per heavy atom. The molecule has 7 aliphatic rings. The molecule has 67 heavy (non-hydrogen) atoms. The zero-order valence-corrected chi connectivity index (χ0v) is 39.7. The molecule has 1 amide bonds. The summed E-state index contributed by atoms with van der Waals surface area (Å²) in [6.07, 6.45) is -0.446. The van der Waals surface area contributed by atoms with Gasteiger partial charge in [0.25, 0.3) is 0 Å². The minimum atomic E-state index is -1.69. The first-order valence-electron chi connectivity index (χ1n) is 24.7. The molecule has 0 bridgehead atoms. The molecule has 22 unspecified atom stereocenters.